The van der Waals surface area contributed by atoms with E-state index in [1.807, 2.05) is 0 Å². The first-order valence-electron chi connectivity index (χ1n) is 3.20. The molecule has 1 aromatic rings. The molecule has 0 unspecified atom stereocenters. The highest BCUT2D eigenvalue weighted by Gasteiger charge is 2.07. The van der Waals surface area contributed by atoms with Crippen molar-refractivity contribution in [2.75, 3.05) is 7.11 Å². The third-order valence-electron chi connectivity index (χ3n) is 1.40. The Balaban J connectivity index is 3.29. The van der Waals surface area contributed by atoms with Crippen LogP contribution in [0.3, 0.4) is 0 Å². The van der Waals surface area contributed by atoms with Crippen LogP contribution >= 0.6 is 11.6 Å². The zero-order valence-corrected chi connectivity index (χ0v) is 7.09. The molecule has 0 atom stereocenters. The fraction of sp³-hybridized carbons (Fsp3) is 0.125. The lowest BCUT2D eigenvalue weighted by Gasteiger charge is -2.09. The van der Waals surface area contributed by atoms with Crippen molar-refractivity contribution in [3.05, 3.63) is 28.8 Å². The van der Waals surface area contributed by atoms with Gasteiger partial charge in [-0.05, 0) is 12.1 Å². The lowest BCUT2D eigenvalue weighted by Crippen LogP contribution is -2.23. The highest BCUT2D eigenvalue weighted by atomic mass is 35.5. The van der Waals surface area contributed by atoms with E-state index in [2.05, 4.69) is 0 Å². The Morgan fingerprint density at radius 2 is 2.25 bits per heavy atom. The first kappa shape index (κ1) is 8.87. The summed E-state index contributed by atoms with van der Waals surface area (Å²) >= 11 is 5.60. The van der Waals surface area contributed by atoms with Gasteiger partial charge in [0.15, 0.2) is 0 Å². The van der Waals surface area contributed by atoms with Crippen LogP contribution in [0.15, 0.2) is 18.2 Å². The van der Waals surface area contributed by atoms with Gasteiger partial charge in [-0.15, -0.1) is 0 Å². The summed E-state index contributed by atoms with van der Waals surface area (Å²) in [5.74, 6) is -1.13. The van der Waals surface area contributed by atoms with E-state index in [1.165, 1.54) is 19.2 Å². The van der Waals surface area contributed by atoms with Gasteiger partial charge < -0.3 is 14.6 Å². The number of benzene rings is 1. The quantitative estimate of drug-likeness (QED) is 0.682. The first-order valence-corrected chi connectivity index (χ1v) is 3.58. The summed E-state index contributed by atoms with van der Waals surface area (Å²) in [6, 6.07) is 4.58. The summed E-state index contributed by atoms with van der Waals surface area (Å²) in [4.78, 5) is 10.5. The highest BCUT2D eigenvalue weighted by molar-refractivity contribution is 6.33. The largest absolute Gasteiger partial charge is 0.545 e. The predicted molar refractivity (Wildman–Crippen MR) is 42.3 cm³/mol. The number of methoxy groups -OCH3 is 1. The number of carbonyl (C=O) groups excluding carboxylic acids is 1. The number of hydrogen-bond donors (Lipinski definition) is 0. The molecule has 3 nitrogen and oxygen atoms in total. The molecule has 0 spiro atoms. The minimum Gasteiger partial charge on any atom is -0.545 e. The average molecular weight is 186 g/mol. The van der Waals surface area contributed by atoms with E-state index >= 15 is 0 Å². The Kier molecular flexibility index (Phi) is 2.55. The van der Waals surface area contributed by atoms with Crippen LogP contribution in [0, 0.1) is 0 Å². The molecule has 64 valence electrons. The number of halogens is 1. The second-order valence-electron chi connectivity index (χ2n) is 2.10. The SMILES string of the molecule is COc1cccc(Cl)c1C(=O)[O-]. The van der Waals surface area contributed by atoms with Crippen LogP contribution in [0.5, 0.6) is 5.75 Å². The zero-order valence-electron chi connectivity index (χ0n) is 6.33. The van der Waals surface area contributed by atoms with E-state index in [4.69, 9.17) is 16.3 Å². The summed E-state index contributed by atoms with van der Waals surface area (Å²) in [6.07, 6.45) is 0. The van der Waals surface area contributed by atoms with E-state index in [9.17, 15) is 9.90 Å². The second kappa shape index (κ2) is 3.45. The summed E-state index contributed by atoms with van der Waals surface area (Å²) in [6.45, 7) is 0. The number of carboxylic acids is 1. The lowest BCUT2D eigenvalue weighted by molar-refractivity contribution is -0.255. The Labute approximate surface area is 74.5 Å². The molecular formula is C8H6ClO3-. The van der Waals surface area contributed by atoms with Gasteiger partial charge in [0.2, 0.25) is 0 Å². The van der Waals surface area contributed by atoms with Crippen LogP contribution in [0.25, 0.3) is 0 Å². The van der Waals surface area contributed by atoms with Crippen molar-refractivity contribution in [2.45, 2.75) is 0 Å². The van der Waals surface area contributed by atoms with Crippen molar-refractivity contribution in [1.82, 2.24) is 0 Å². The molecule has 0 amide bonds. The monoisotopic (exact) mass is 185 g/mol. The predicted octanol–water partition coefficient (Wildman–Crippen LogP) is 0.712. The van der Waals surface area contributed by atoms with E-state index in [-0.39, 0.29) is 16.3 Å². The normalized spacial score (nSPS) is 9.50. The molecule has 0 aromatic heterocycles. The van der Waals surface area contributed by atoms with Gasteiger partial charge in [0, 0.05) is 0 Å². The van der Waals surface area contributed by atoms with Gasteiger partial charge >= 0.3 is 0 Å². The summed E-state index contributed by atoms with van der Waals surface area (Å²) < 4.78 is 4.78. The molecule has 0 aliphatic heterocycles. The minimum atomic E-state index is -1.34. The van der Waals surface area contributed by atoms with Crippen LogP contribution in [0.4, 0.5) is 0 Å². The van der Waals surface area contributed by atoms with Crippen LogP contribution in [0.2, 0.25) is 5.02 Å². The smallest absolute Gasteiger partial charge is 0.129 e. The maximum absolute atomic E-state index is 10.5. The van der Waals surface area contributed by atoms with Gasteiger partial charge in [-0.3, -0.25) is 0 Å². The Hall–Kier alpha value is -1.22. The maximum Gasteiger partial charge on any atom is 0.129 e. The van der Waals surface area contributed by atoms with Crippen molar-refractivity contribution in [2.24, 2.45) is 0 Å². The molecule has 0 radical (unpaired) electrons. The van der Waals surface area contributed by atoms with E-state index in [0.29, 0.717) is 0 Å². The third kappa shape index (κ3) is 1.51. The molecule has 1 rings (SSSR count). The van der Waals surface area contributed by atoms with Crippen molar-refractivity contribution >= 4 is 17.6 Å². The molecule has 12 heavy (non-hydrogen) atoms. The highest BCUT2D eigenvalue weighted by Crippen LogP contribution is 2.24. The molecule has 0 saturated heterocycles. The number of rotatable bonds is 2. The molecule has 0 aliphatic carbocycles. The fourth-order valence-electron chi connectivity index (χ4n) is 0.873. The molecular weight excluding hydrogens is 180 g/mol. The number of carboxylic acid groups (broad SMARTS) is 1. The third-order valence-corrected chi connectivity index (χ3v) is 1.71. The molecule has 0 bridgehead atoms. The van der Waals surface area contributed by atoms with Crippen molar-refractivity contribution < 1.29 is 14.6 Å². The fourth-order valence-corrected chi connectivity index (χ4v) is 1.12. The van der Waals surface area contributed by atoms with Gasteiger partial charge in [0.05, 0.1) is 23.7 Å². The number of hydrogen-bond acceptors (Lipinski definition) is 3. The van der Waals surface area contributed by atoms with Gasteiger partial charge in [0.25, 0.3) is 0 Å². The standard InChI is InChI=1S/C8H7ClO3/c1-12-6-4-2-3-5(9)7(6)8(10)11/h2-4H,1H3,(H,10,11)/p-1. The van der Waals surface area contributed by atoms with Crippen LogP contribution < -0.4 is 9.84 Å². The molecule has 4 heteroatoms. The number of aromatic carboxylic acids is 1. The van der Waals surface area contributed by atoms with Crippen LogP contribution in [0.1, 0.15) is 10.4 Å². The molecule has 0 N–H and O–H groups in total. The van der Waals surface area contributed by atoms with Crippen LogP contribution in [-0.2, 0) is 0 Å². The summed E-state index contributed by atoms with van der Waals surface area (Å²) in [7, 11) is 1.37. The number of carbonyl (C=O) groups is 1. The molecule has 0 aliphatic rings. The van der Waals surface area contributed by atoms with E-state index in [0.717, 1.165) is 0 Å². The van der Waals surface area contributed by atoms with Crippen molar-refractivity contribution in [1.29, 1.82) is 0 Å². The zero-order chi connectivity index (χ0) is 9.14. The average Bonchev–Trinajstić information content (AvgIpc) is 2.03. The number of ether oxygens (including phenoxy) is 1. The van der Waals surface area contributed by atoms with E-state index < -0.39 is 5.97 Å². The molecule has 0 saturated carbocycles. The van der Waals surface area contributed by atoms with Gasteiger partial charge in [-0.1, -0.05) is 17.7 Å². The Morgan fingerprint density at radius 3 is 2.67 bits per heavy atom. The van der Waals surface area contributed by atoms with Crippen molar-refractivity contribution in [3.8, 4) is 5.75 Å². The molecule has 0 heterocycles. The van der Waals surface area contributed by atoms with Gasteiger partial charge in [-0.25, -0.2) is 0 Å². The summed E-state index contributed by atoms with van der Waals surface area (Å²) in [5.41, 5.74) is -0.110. The van der Waals surface area contributed by atoms with Gasteiger partial charge in [0.1, 0.15) is 5.75 Å². The van der Waals surface area contributed by atoms with Crippen LogP contribution in [-0.4, -0.2) is 13.1 Å². The Morgan fingerprint density at radius 1 is 1.58 bits per heavy atom. The molecule has 0 fully saturated rings. The second-order valence-corrected chi connectivity index (χ2v) is 2.51. The topological polar surface area (TPSA) is 49.4 Å². The van der Waals surface area contributed by atoms with E-state index in [1.54, 1.807) is 6.07 Å². The van der Waals surface area contributed by atoms with Gasteiger partial charge in [-0.2, -0.15) is 0 Å². The first-order chi connectivity index (χ1) is 5.66. The summed E-state index contributed by atoms with van der Waals surface area (Å²) in [5, 5.41) is 10.6. The van der Waals surface area contributed by atoms with Crippen molar-refractivity contribution in [3.63, 3.8) is 0 Å². The minimum absolute atomic E-state index is 0.110. The Bertz CT molecular complexity index is 309. The lowest BCUT2D eigenvalue weighted by atomic mass is 10.2. The molecule has 1 aromatic carbocycles. The maximum atomic E-state index is 10.5.